The molecule has 2 aliphatic rings. The van der Waals surface area contributed by atoms with Crippen LogP contribution in [0.2, 0.25) is 0 Å². The SMILES string of the molecule is O=C(O)CC[C@@H]1NC(=O)[C@H]2CCCN2C1=O. The maximum absolute atomic E-state index is 11.9. The lowest BCUT2D eigenvalue weighted by atomic mass is 10.0. The predicted molar refractivity (Wildman–Crippen MR) is 53.5 cm³/mol. The van der Waals surface area contributed by atoms with Crippen molar-refractivity contribution in [2.24, 2.45) is 0 Å². The van der Waals surface area contributed by atoms with Gasteiger partial charge in [-0.1, -0.05) is 0 Å². The lowest BCUT2D eigenvalue weighted by Crippen LogP contribution is -2.61. The van der Waals surface area contributed by atoms with Gasteiger partial charge in [0, 0.05) is 13.0 Å². The molecule has 2 N–H and O–H groups in total. The topological polar surface area (TPSA) is 86.7 Å². The Morgan fingerprint density at radius 3 is 2.94 bits per heavy atom. The Balaban J connectivity index is 2.02. The predicted octanol–water partition coefficient (Wildman–Crippen LogP) is -0.659. The van der Waals surface area contributed by atoms with Gasteiger partial charge in [-0.3, -0.25) is 14.4 Å². The van der Waals surface area contributed by atoms with E-state index in [4.69, 9.17) is 5.11 Å². The molecular weight excluding hydrogens is 212 g/mol. The van der Waals surface area contributed by atoms with Gasteiger partial charge < -0.3 is 15.3 Å². The highest BCUT2D eigenvalue weighted by Gasteiger charge is 2.42. The Labute approximate surface area is 92.6 Å². The number of carbonyl (C=O) groups is 3. The number of carboxylic acid groups (broad SMARTS) is 1. The summed E-state index contributed by atoms with van der Waals surface area (Å²) >= 11 is 0. The zero-order chi connectivity index (χ0) is 11.7. The van der Waals surface area contributed by atoms with Crippen molar-refractivity contribution in [1.82, 2.24) is 10.2 Å². The van der Waals surface area contributed by atoms with E-state index >= 15 is 0 Å². The number of rotatable bonds is 3. The van der Waals surface area contributed by atoms with E-state index < -0.39 is 12.0 Å². The highest BCUT2D eigenvalue weighted by Crippen LogP contribution is 2.23. The van der Waals surface area contributed by atoms with E-state index in [2.05, 4.69) is 5.32 Å². The van der Waals surface area contributed by atoms with Gasteiger partial charge >= 0.3 is 5.97 Å². The van der Waals surface area contributed by atoms with Gasteiger partial charge in [0.2, 0.25) is 11.8 Å². The summed E-state index contributed by atoms with van der Waals surface area (Å²) in [4.78, 5) is 35.5. The Morgan fingerprint density at radius 2 is 2.25 bits per heavy atom. The summed E-state index contributed by atoms with van der Waals surface area (Å²) in [6, 6.07) is -0.980. The molecule has 0 aromatic rings. The van der Waals surface area contributed by atoms with Gasteiger partial charge in [0.25, 0.3) is 0 Å². The molecule has 0 aromatic carbocycles. The Morgan fingerprint density at radius 1 is 1.50 bits per heavy atom. The van der Waals surface area contributed by atoms with Crippen LogP contribution in [0, 0.1) is 0 Å². The molecule has 0 saturated carbocycles. The second-order valence-corrected chi connectivity index (χ2v) is 4.18. The zero-order valence-electron chi connectivity index (χ0n) is 8.81. The van der Waals surface area contributed by atoms with E-state index in [1.165, 1.54) is 0 Å². The zero-order valence-corrected chi connectivity index (χ0v) is 8.81. The van der Waals surface area contributed by atoms with Crippen LogP contribution >= 0.6 is 0 Å². The first-order chi connectivity index (χ1) is 7.59. The van der Waals surface area contributed by atoms with Crippen LogP contribution in [0.5, 0.6) is 0 Å². The summed E-state index contributed by atoms with van der Waals surface area (Å²) in [6.45, 7) is 0.612. The lowest BCUT2D eigenvalue weighted by Gasteiger charge is -2.34. The largest absolute Gasteiger partial charge is 0.481 e. The Bertz CT molecular complexity index is 342. The monoisotopic (exact) mass is 226 g/mol. The van der Waals surface area contributed by atoms with E-state index in [0.29, 0.717) is 13.0 Å². The molecule has 0 aliphatic carbocycles. The van der Waals surface area contributed by atoms with Crippen LogP contribution in [0.1, 0.15) is 25.7 Å². The summed E-state index contributed by atoms with van der Waals surface area (Å²) in [5.74, 6) is -1.23. The fourth-order valence-corrected chi connectivity index (χ4v) is 2.30. The second kappa shape index (κ2) is 4.11. The van der Waals surface area contributed by atoms with Gasteiger partial charge in [0.05, 0.1) is 0 Å². The average molecular weight is 226 g/mol. The first kappa shape index (κ1) is 10.9. The number of nitrogens with zero attached hydrogens (tertiary/aromatic N) is 1. The van der Waals surface area contributed by atoms with Crippen molar-refractivity contribution in [3.8, 4) is 0 Å². The Kier molecular flexibility index (Phi) is 2.80. The van der Waals surface area contributed by atoms with Crippen LogP contribution in [0.3, 0.4) is 0 Å². The summed E-state index contributed by atoms with van der Waals surface area (Å²) < 4.78 is 0. The van der Waals surface area contributed by atoms with E-state index in [9.17, 15) is 14.4 Å². The molecule has 0 aromatic heterocycles. The quantitative estimate of drug-likeness (QED) is 0.669. The number of hydrogen-bond acceptors (Lipinski definition) is 3. The molecule has 2 atom stereocenters. The molecular formula is C10H14N2O4. The molecule has 2 aliphatic heterocycles. The van der Waals surface area contributed by atoms with Gasteiger partial charge in [-0.2, -0.15) is 0 Å². The number of nitrogens with one attached hydrogen (secondary N) is 1. The van der Waals surface area contributed by atoms with E-state index in [-0.39, 0.29) is 30.7 Å². The minimum atomic E-state index is -0.953. The van der Waals surface area contributed by atoms with Crippen molar-refractivity contribution in [2.45, 2.75) is 37.8 Å². The average Bonchev–Trinajstić information content (AvgIpc) is 2.70. The number of hydrogen-bond donors (Lipinski definition) is 2. The standard InChI is InChI=1S/C10H14N2O4/c13-8(14)4-3-6-10(16)12-5-1-2-7(12)9(15)11-6/h6-7H,1-5H2,(H,11,15)(H,13,14)/t6-,7+/m0/s1. The molecule has 0 unspecified atom stereocenters. The number of piperazine rings is 1. The minimum absolute atomic E-state index is 0.102. The molecule has 88 valence electrons. The molecule has 6 nitrogen and oxygen atoms in total. The van der Waals surface area contributed by atoms with Crippen LogP contribution in [-0.2, 0) is 14.4 Å². The highest BCUT2D eigenvalue weighted by atomic mass is 16.4. The van der Waals surface area contributed by atoms with Crippen molar-refractivity contribution >= 4 is 17.8 Å². The molecule has 2 rings (SSSR count). The van der Waals surface area contributed by atoms with Crippen LogP contribution in [-0.4, -0.2) is 46.4 Å². The van der Waals surface area contributed by atoms with Crippen LogP contribution in [0.15, 0.2) is 0 Å². The van der Waals surface area contributed by atoms with E-state index in [1.807, 2.05) is 0 Å². The third-order valence-corrected chi connectivity index (χ3v) is 3.10. The van der Waals surface area contributed by atoms with Crippen molar-refractivity contribution < 1.29 is 19.5 Å². The van der Waals surface area contributed by atoms with Gasteiger partial charge in [0.15, 0.2) is 0 Å². The number of carbonyl (C=O) groups excluding carboxylic acids is 2. The number of carboxylic acids is 1. The van der Waals surface area contributed by atoms with Crippen molar-refractivity contribution in [3.05, 3.63) is 0 Å². The molecule has 0 radical (unpaired) electrons. The number of fused-ring (bicyclic) bond motifs is 1. The third-order valence-electron chi connectivity index (χ3n) is 3.10. The van der Waals surface area contributed by atoms with Crippen LogP contribution in [0.25, 0.3) is 0 Å². The van der Waals surface area contributed by atoms with E-state index in [1.54, 1.807) is 4.90 Å². The fourth-order valence-electron chi connectivity index (χ4n) is 2.30. The summed E-state index contributed by atoms with van der Waals surface area (Å²) in [7, 11) is 0. The number of amides is 2. The summed E-state index contributed by atoms with van der Waals surface area (Å²) in [6.07, 6.45) is 1.62. The first-order valence-corrected chi connectivity index (χ1v) is 5.42. The second-order valence-electron chi connectivity index (χ2n) is 4.18. The van der Waals surface area contributed by atoms with Gasteiger partial charge in [-0.25, -0.2) is 0 Å². The maximum Gasteiger partial charge on any atom is 0.303 e. The molecule has 2 heterocycles. The van der Waals surface area contributed by atoms with Gasteiger partial charge in [0.1, 0.15) is 12.1 Å². The third kappa shape index (κ3) is 1.87. The molecule has 6 heteroatoms. The maximum atomic E-state index is 11.9. The van der Waals surface area contributed by atoms with Gasteiger partial charge in [-0.15, -0.1) is 0 Å². The normalized spacial score (nSPS) is 28.9. The fraction of sp³-hybridized carbons (Fsp3) is 0.700. The first-order valence-electron chi connectivity index (χ1n) is 5.42. The van der Waals surface area contributed by atoms with Crippen molar-refractivity contribution in [1.29, 1.82) is 0 Å². The molecule has 16 heavy (non-hydrogen) atoms. The van der Waals surface area contributed by atoms with Crippen LogP contribution < -0.4 is 5.32 Å². The highest BCUT2D eigenvalue weighted by molar-refractivity contribution is 5.97. The lowest BCUT2D eigenvalue weighted by molar-refractivity contribution is -0.147. The molecule has 2 saturated heterocycles. The smallest absolute Gasteiger partial charge is 0.303 e. The molecule has 2 fully saturated rings. The minimum Gasteiger partial charge on any atom is -0.481 e. The van der Waals surface area contributed by atoms with E-state index in [0.717, 1.165) is 6.42 Å². The summed E-state index contributed by atoms with van der Waals surface area (Å²) in [5, 5.41) is 11.1. The summed E-state index contributed by atoms with van der Waals surface area (Å²) in [5.41, 5.74) is 0. The molecule has 2 amide bonds. The van der Waals surface area contributed by atoms with Crippen LogP contribution in [0.4, 0.5) is 0 Å². The molecule has 0 spiro atoms. The number of aliphatic carboxylic acids is 1. The molecule has 0 bridgehead atoms. The van der Waals surface area contributed by atoms with Gasteiger partial charge in [-0.05, 0) is 19.3 Å². The van der Waals surface area contributed by atoms with Crippen molar-refractivity contribution in [2.75, 3.05) is 6.54 Å². The Hall–Kier alpha value is -1.59. The van der Waals surface area contributed by atoms with Crippen molar-refractivity contribution in [3.63, 3.8) is 0 Å².